The van der Waals surface area contributed by atoms with Gasteiger partial charge in [-0.2, -0.15) is 0 Å². The minimum absolute atomic E-state index is 0.0361. The van der Waals surface area contributed by atoms with Crippen molar-refractivity contribution in [2.75, 3.05) is 7.11 Å². The van der Waals surface area contributed by atoms with Crippen molar-refractivity contribution in [2.45, 2.75) is 52.2 Å². The molecule has 0 amide bonds. The van der Waals surface area contributed by atoms with E-state index in [1.165, 1.54) is 13.2 Å². The molecule has 3 aromatic carbocycles. The number of fused-ring (bicyclic) bond motifs is 1. The minimum atomic E-state index is -0.946. The van der Waals surface area contributed by atoms with E-state index in [0.29, 0.717) is 28.2 Å². The van der Waals surface area contributed by atoms with Crippen molar-refractivity contribution in [3.05, 3.63) is 95.3 Å². The van der Waals surface area contributed by atoms with Crippen LogP contribution in [0.15, 0.2) is 67.3 Å². The van der Waals surface area contributed by atoms with Crippen LogP contribution in [0.3, 0.4) is 0 Å². The Balaban J connectivity index is 1.65. The highest BCUT2D eigenvalue weighted by molar-refractivity contribution is 5.72. The first kappa shape index (κ1) is 27.4. The second kappa shape index (κ2) is 11.0. The molecule has 0 spiro atoms. The van der Waals surface area contributed by atoms with Gasteiger partial charge in [-0.3, -0.25) is 4.79 Å². The van der Waals surface area contributed by atoms with E-state index in [0.717, 1.165) is 29.5 Å². The number of ether oxygens (including phenoxy) is 2. The summed E-state index contributed by atoms with van der Waals surface area (Å²) in [7, 11) is 1.53. The highest BCUT2D eigenvalue weighted by Crippen LogP contribution is 2.42. The third kappa shape index (κ3) is 5.46. The van der Waals surface area contributed by atoms with Crippen LogP contribution < -0.4 is 9.47 Å². The van der Waals surface area contributed by atoms with Gasteiger partial charge in [-0.1, -0.05) is 45.0 Å². The van der Waals surface area contributed by atoms with Crippen LogP contribution >= 0.6 is 0 Å². The average Bonchev–Trinajstić information content (AvgIpc) is 3.34. The Morgan fingerprint density at radius 2 is 1.87 bits per heavy atom. The van der Waals surface area contributed by atoms with E-state index >= 15 is 0 Å². The fourth-order valence-corrected chi connectivity index (χ4v) is 5.08. The van der Waals surface area contributed by atoms with Crippen molar-refractivity contribution in [1.29, 1.82) is 0 Å². The summed E-state index contributed by atoms with van der Waals surface area (Å²) in [6.07, 6.45) is 2.42. The van der Waals surface area contributed by atoms with Crippen molar-refractivity contribution in [3.8, 4) is 22.6 Å². The zero-order valence-electron chi connectivity index (χ0n) is 22.3. The van der Waals surface area contributed by atoms with Gasteiger partial charge in [-0.05, 0) is 83.0 Å². The summed E-state index contributed by atoms with van der Waals surface area (Å²) in [4.78, 5) is 11.6. The van der Waals surface area contributed by atoms with Crippen LogP contribution in [0, 0.1) is 17.2 Å². The quantitative estimate of drug-likeness (QED) is 0.281. The summed E-state index contributed by atoms with van der Waals surface area (Å²) < 4.78 is 26.3. The van der Waals surface area contributed by atoms with E-state index in [4.69, 9.17) is 9.47 Å². The SMILES string of the molecule is C=CC(C)(C)[C@@H](O)c1cc(COc2ccc3c(c2)[C@@H]([C@@H](C)C(=O)O)CC3)ccc1-c1cc(OC)ccc1F. The summed E-state index contributed by atoms with van der Waals surface area (Å²) in [5.41, 5.74) is 3.80. The van der Waals surface area contributed by atoms with E-state index in [9.17, 15) is 19.4 Å². The summed E-state index contributed by atoms with van der Waals surface area (Å²) in [5, 5.41) is 20.8. The smallest absolute Gasteiger partial charge is 0.306 e. The number of hydrogen-bond acceptors (Lipinski definition) is 4. The Kier molecular flexibility index (Phi) is 7.93. The molecule has 200 valence electrons. The second-order valence-electron chi connectivity index (χ2n) is 10.6. The number of carboxylic acid groups (broad SMARTS) is 1. The van der Waals surface area contributed by atoms with Crippen molar-refractivity contribution < 1.29 is 28.9 Å². The van der Waals surface area contributed by atoms with Gasteiger partial charge in [-0.15, -0.1) is 6.58 Å². The second-order valence-corrected chi connectivity index (χ2v) is 10.6. The average molecular weight is 519 g/mol. The normalized spacial score (nSPS) is 16.4. The molecule has 0 unspecified atom stereocenters. The highest BCUT2D eigenvalue weighted by Gasteiger charge is 2.32. The number of aryl methyl sites for hydroxylation is 1. The Bertz CT molecular complexity index is 1350. The van der Waals surface area contributed by atoms with Gasteiger partial charge in [0.15, 0.2) is 0 Å². The van der Waals surface area contributed by atoms with Crippen LogP contribution in [0.4, 0.5) is 4.39 Å². The largest absolute Gasteiger partial charge is 0.497 e. The number of carbonyl (C=O) groups is 1. The summed E-state index contributed by atoms with van der Waals surface area (Å²) in [6.45, 7) is 9.59. The van der Waals surface area contributed by atoms with Crippen molar-refractivity contribution in [3.63, 3.8) is 0 Å². The van der Waals surface area contributed by atoms with Crippen molar-refractivity contribution in [2.24, 2.45) is 11.3 Å². The zero-order valence-corrected chi connectivity index (χ0v) is 22.3. The van der Waals surface area contributed by atoms with Crippen LogP contribution in [0.1, 0.15) is 61.5 Å². The molecular formula is C32H35FO5. The Morgan fingerprint density at radius 1 is 1.13 bits per heavy atom. The molecule has 3 atom stereocenters. The predicted octanol–water partition coefficient (Wildman–Crippen LogP) is 7.08. The first-order chi connectivity index (χ1) is 18.1. The molecule has 6 heteroatoms. The molecule has 0 heterocycles. The molecule has 0 radical (unpaired) electrons. The Hall–Kier alpha value is -3.64. The number of benzene rings is 3. The number of hydrogen-bond donors (Lipinski definition) is 2. The minimum Gasteiger partial charge on any atom is -0.497 e. The van der Waals surface area contributed by atoms with Gasteiger partial charge < -0.3 is 19.7 Å². The number of aliphatic hydroxyl groups is 1. The van der Waals surface area contributed by atoms with Crippen LogP contribution in [0.5, 0.6) is 11.5 Å². The van der Waals surface area contributed by atoms with Gasteiger partial charge in [0.1, 0.15) is 23.9 Å². The predicted molar refractivity (Wildman–Crippen MR) is 146 cm³/mol. The van der Waals surface area contributed by atoms with E-state index in [2.05, 4.69) is 6.58 Å². The van der Waals surface area contributed by atoms with E-state index in [1.807, 2.05) is 44.2 Å². The van der Waals surface area contributed by atoms with Gasteiger partial charge in [0.25, 0.3) is 0 Å². The van der Waals surface area contributed by atoms with E-state index in [1.54, 1.807) is 31.2 Å². The molecule has 3 aromatic rings. The van der Waals surface area contributed by atoms with Gasteiger partial charge in [0.2, 0.25) is 0 Å². The van der Waals surface area contributed by atoms with Crippen LogP contribution in [0.25, 0.3) is 11.1 Å². The number of aliphatic hydroxyl groups excluding tert-OH is 1. The highest BCUT2D eigenvalue weighted by atomic mass is 19.1. The standard InChI is InChI=1S/C32H35FO5/c1-6-32(3,4)30(34)28-15-20(7-12-25(28)27-16-22(37-5)11-14-29(27)33)18-38-23-10-8-21-9-13-24(26(21)17-23)19(2)31(35)36/h6-8,10-12,14-17,19,24,30,34H,1,9,13,18H2,2-5H3,(H,35,36)/t19-,24-,30+/m1/s1. The molecule has 0 aromatic heterocycles. The molecule has 0 saturated heterocycles. The molecule has 5 nitrogen and oxygen atoms in total. The molecule has 0 fully saturated rings. The van der Waals surface area contributed by atoms with Crippen LogP contribution in [-0.4, -0.2) is 23.3 Å². The number of aliphatic carboxylic acids is 1. The fraction of sp³-hybridized carbons (Fsp3) is 0.344. The topological polar surface area (TPSA) is 76.0 Å². The number of methoxy groups -OCH3 is 1. The molecule has 4 rings (SSSR count). The van der Waals surface area contributed by atoms with Gasteiger partial charge in [-0.25, -0.2) is 4.39 Å². The molecule has 0 bridgehead atoms. The van der Waals surface area contributed by atoms with Crippen molar-refractivity contribution in [1.82, 2.24) is 0 Å². The first-order valence-corrected chi connectivity index (χ1v) is 12.8. The summed E-state index contributed by atoms with van der Waals surface area (Å²) in [5.74, 6) is -0.536. The maximum absolute atomic E-state index is 14.9. The molecule has 1 aliphatic carbocycles. The Morgan fingerprint density at radius 3 is 2.55 bits per heavy atom. The lowest BCUT2D eigenvalue weighted by atomic mass is 9.79. The molecule has 1 aliphatic rings. The zero-order chi connectivity index (χ0) is 27.6. The van der Waals surface area contributed by atoms with Gasteiger partial charge in [0, 0.05) is 11.0 Å². The number of rotatable bonds is 10. The third-order valence-corrected chi connectivity index (χ3v) is 7.75. The van der Waals surface area contributed by atoms with Gasteiger partial charge >= 0.3 is 5.97 Å². The third-order valence-electron chi connectivity index (χ3n) is 7.75. The summed E-state index contributed by atoms with van der Waals surface area (Å²) >= 11 is 0. The van der Waals surface area contributed by atoms with Crippen molar-refractivity contribution >= 4 is 5.97 Å². The van der Waals surface area contributed by atoms with E-state index < -0.39 is 29.2 Å². The van der Waals surface area contributed by atoms with Crippen LogP contribution in [0.2, 0.25) is 0 Å². The lowest BCUT2D eigenvalue weighted by Crippen LogP contribution is -2.20. The molecular weight excluding hydrogens is 483 g/mol. The lowest BCUT2D eigenvalue weighted by molar-refractivity contribution is -0.141. The first-order valence-electron chi connectivity index (χ1n) is 12.8. The summed E-state index contributed by atoms with van der Waals surface area (Å²) in [6, 6.07) is 15.9. The lowest BCUT2D eigenvalue weighted by Gasteiger charge is -2.29. The maximum Gasteiger partial charge on any atom is 0.306 e. The molecule has 0 saturated carbocycles. The monoisotopic (exact) mass is 518 g/mol. The molecule has 0 aliphatic heterocycles. The number of halogens is 1. The molecule has 2 N–H and O–H groups in total. The molecule has 38 heavy (non-hydrogen) atoms. The van der Waals surface area contributed by atoms with E-state index in [-0.39, 0.29) is 12.5 Å². The maximum atomic E-state index is 14.9. The van der Waals surface area contributed by atoms with Gasteiger partial charge in [0.05, 0.1) is 19.1 Å². The fourth-order valence-electron chi connectivity index (χ4n) is 5.08. The Labute approximate surface area is 223 Å². The number of carboxylic acids is 1. The van der Waals surface area contributed by atoms with Crippen LogP contribution in [-0.2, 0) is 17.8 Å².